The van der Waals surface area contributed by atoms with Crippen LogP contribution in [0.2, 0.25) is 0 Å². The lowest BCUT2D eigenvalue weighted by Gasteiger charge is -2.26. The average molecular weight is 291 g/mol. The van der Waals surface area contributed by atoms with E-state index in [0.29, 0.717) is 0 Å². The SMILES string of the molecule is Cc1cc(C)c2nc(NCCN3CCOCC3)sc2c1. The second-order valence-corrected chi connectivity index (χ2v) is 6.36. The minimum Gasteiger partial charge on any atom is -0.379 e. The number of hydrogen-bond acceptors (Lipinski definition) is 5. The molecule has 2 heterocycles. The van der Waals surface area contributed by atoms with Gasteiger partial charge in [0.15, 0.2) is 5.13 Å². The van der Waals surface area contributed by atoms with Crippen LogP contribution in [0, 0.1) is 13.8 Å². The van der Waals surface area contributed by atoms with Crippen LogP contribution in [0.1, 0.15) is 11.1 Å². The van der Waals surface area contributed by atoms with E-state index in [2.05, 4.69) is 36.2 Å². The van der Waals surface area contributed by atoms with Crippen LogP contribution in [0.15, 0.2) is 12.1 Å². The van der Waals surface area contributed by atoms with E-state index in [0.717, 1.165) is 50.0 Å². The van der Waals surface area contributed by atoms with Crippen LogP contribution in [-0.2, 0) is 4.74 Å². The Morgan fingerprint density at radius 3 is 2.90 bits per heavy atom. The molecule has 0 aliphatic carbocycles. The molecular formula is C15H21N3OS. The predicted octanol–water partition coefficient (Wildman–Crippen LogP) is 2.66. The van der Waals surface area contributed by atoms with Crippen molar-refractivity contribution >= 4 is 26.7 Å². The van der Waals surface area contributed by atoms with Crippen molar-refractivity contribution in [1.82, 2.24) is 9.88 Å². The second-order valence-electron chi connectivity index (χ2n) is 5.33. The zero-order chi connectivity index (χ0) is 13.9. The van der Waals surface area contributed by atoms with Gasteiger partial charge in [-0.1, -0.05) is 17.4 Å². The molecule has 1 saturated heterocycles. The van der Waals surface area contributed by atoms with E-state index in [1.165, 1.54) is 15.8 Å². The first kappa shape index (κ1) is 13.8. The first-order valence-corrected chi connectivity index (χ1v) is 7.96. The highest BCUT2D eigenvalue weighted by Crippen LogP contribution is 2.29. The lowest BCUT2D eigenvalue weighted by atomic mass is 10.1. The van der Waals surface area contributed by atoms with Gasteiger partial charge in [-0.15, -0.1) is 0 Å². The number of nitrogens with zero attached hydrogens (tertiary/aromatic N) is 2. The van der Waals surface area contributed by atoms with Crippen LogP contribution in [0.5, 0.6) is 0 Å². The molecule has 2 aromatic rings. The molecule has 0 atom stereocenters. The molecule has 5 heteroatoms. The fourth-order valence-corrected chi connectivity index (χ4v) is 3.66. The lowest BCUT2D eigenvalue weighted by molar-refractivity contribution is 0.0398. The number of morpholine rings is 1. The van der Waals surface area contributed by atoms with Crippen LogP contribution in [-0.4, -0.2) is 49.3 Å². The molecule has 0 unspecified atom stereocenters. The molecule has 1 aromatic heterocycles. The van der Waals surface area contributed by atoms with Gasteiger partial charge in [0.05, 0.1) is 23.4 Å². The number of hydrogen-bond donors (Lipinski definition) is 1. The molecule has 1 aliphatic rings. The summed E-state index contributed by atoms with van der Waals surface area (Å²) in [6, 6.07) is 4.41. The number of rotatable bonds is 4. The first-order chi connectivity index (χ1) is 9.72. The third-order valence-corrected chi connectivity index (χ3v) is 4.60. The van der Waals surface area contributed by atoms with Gasteiger partial charge in [0, 0.05) is 26.2 Å². The maximum Gasteiger partial charge on any atom is 0.183 e. The summed E-state index contributed by atoms with van der Waals surface area (Å²) < 4.78 is 6.63. The highest BCUT2D eigenvalue weighted by Gasteiger charge is 2.10. The van der Waals surface area contributed by atoms with Crippen LogP contribution >= 0.6 is 11.3 Å². The first-order valence-electron chi connectivity index (χ1n) is 7.14. The topological polar surface area (TPSA) is 37.4 Å². The Morgan fingerprint density at radius 2 is 2.10 bits per heavy atom. The fourth-order valence-electron chi connectivity index (χ4n) is 2.59. The number of anilines is 1. The second kappa shape index (κ2) is 6.08. The van der Waals surface area contributed by atoms with Gasteiger partial charge in [0.25, 0.3) is 0 Å². The Morgan fingerprint density at radius 1 is 1.30 bits per heavy atom. The van der Waals surface area contributed by atoms with Crippen molar-refractivity contribution in [3.05, 3.63) is 23.3 Å². The van der Waals surface area contributed by atoms with Crippen molar-refractivity contribution in [3.8, 4) is 0 Å². The quantitative estimate of drug-likeness (QED) is 0.940. The molecule has 1 aromatic carbocycles. The Bertz CT molecular complexity index is 590. The van der Waals surface area contributed by atoms with Crippen molar-refractivity contribution in [2.24, 2.45) is 0 Å². The number of aromatic nitrogens is 1. The van der Waals surface area contributed by atoms with Crippen molar-refractivity contribution in [1.29, 1.82) is 0 Å². The van der Waals surface area contributed by atoms with Crippen molar-refractivity contribution in [3.63, 3.8) is 0 Å². The standard InChI is InChI=1S/C15H21N3OS/c1-11-9-12(2)14-13(10-11)20-15(17-14)16-3-4-18-5-7-19-8-6-18/h9-10H,3-8H2,1-2H3,(H,16,17). The highest BCUT2D eigenvalue weighted by molar-refractivity contribution is 7.22. The largest absolute Gasteiger partial charge is 0.379 e. The van der Waals surface area contributed by atoms with Gasteiger partial charge in [-0.25, -0.2) is 4.98 Å². The fraction of sp³-hybridized carbons (Fsp3) is 0.533. The molecule has 0 spiro atoms. The predicted molar refractivity (Wildman–Crippen MR) is 84.8 cm³/mol. The molecule has 20 heavy (non-hydrogen) atoms. The van der Waals surface area contributed by atoms with Gasteiger partial charge in [0.2, 0.25) is 0 Å². The third kappa shape index (κ3) is 3.11. The van der Waals surface area contributed by atoms with Gasteiger partial charge in [-0.3, -0.25) is 4.90 Å². The minimum atomic E-state index is 0.861. The van der Waals surface area contributed by atoms with Crippen molar-refractivity contribution in [2.45, 2.75) is 13.8 Å². The Balaban J connectivity index is 1.61. The van der Waals surface area contributed by atoms with E-state index in [9.17, 15) is 0 Å². The number of aryl methyl sites for hydroxylation is 2. The molecule has 0 radical (unpaired) electrons. The number of fused-ring (bicyclic) bond motifs is 1. The highest BCUT2D eigenvalue weighted by atomic mass is 32.1. The van der Waals surface area contributed by atoms with E-state index in [-0.39, 0.29) is 0 Å². The number of thiazole rings is 1. The lowest BCUT2D eigenvalue weighted by Crippen LogP contribution is -2.38. The number of ether oxygens (including phenoxy) is 1. The average Bonchev–Trinajstić information content (AvgIpc) is 2.83. The number of nitrogens with one attached hydrogen (secondary N) is 1. The zero-order valence-corrected chi connectivity index (χ0v) is 12.9. The summed E-state index contributed by atoms with van der Waals surface area (Å²) in [5, 5.41) is 4.48. The summed E-state index contributed by atoms with van der Waals surface area (Å²) in [4.78, 5) is 7.13. The molecule has 0 saturated carbocycles. The molecule has 108 valence electrons. The van der Waals surface area contributed by atoms with E-state index < -0.39 is 0 Å². The monoisotopic (exact) mass is 291 g/mol. The maximum atomic E-state index is 5.36. The van der Waals surface area contributed by atoms with Crippen LogP contribution in [0.3, 0.4) is 0 Å². The molecule has 0 amide bonds. The number of benzene rings is 1. The zero-order valence-electron chi connectivity index (χ0n) is 12.1. The van der Waals surface area contributed by atoms with E-state index in [1.54, 1.807) is 11.3 Å². The third-order valence-electron chi connectivity index (χ3n) is 3.64. The van der Waals surface area contributed by atoms with Gasteiger partial charge in [-0.05, 0) is 31.0 Å². The van der Waals surface area contributed by atoms with Crippen LogP contribution in [0.25, 0.3) is 10.2 Å². The molecule has 1 fully saturated rings. The normalized spacial score (nSPS) is 16.7. The molecule has 1 aliphatic heterocycles. The minimum absolute atomic E-state index is 0.861. The maximum absolute atomic E-state index is 5.36. The van der Waals surface area contributed by atoms with Gasteiger partial charge < -0.3 is 10.1 Å². The summed E-state index contributed by atoms with van der Waals surface area (Å²) >= 11 is 1.75. The van der Waals surface area contributed by atoms with E-state index in [1.807, 2.05) is 0 Å². The molecule has 0 bridgehead atoms. The van der Waals surface area contributed by atoms with E-state index in [4.69, 9.17) is 9.72 Å². The Kier molecular flexibility index (Phi) is 4.19. The summed E-state index contributed by atoms with van der Waals surface area (Å²) in [5.41, 5.74) is 3.70. The molecule has 1 N–H and O–H groups in total. The van der Waals surface area contributed by atoms with Crippen LogP contribution in [0.4, 0.5) is 5.13 Å². The smallest absolute Gasteiger partial charge is 0.183 e. The summed E-state index contributed by atoms with van der Waals surface area (Å²) in [6.07, 6.45) is 0. The van der Waals surface area contributed by atoms with Gasteiger partial charge in [0.1, 0.15) is 0 Å². The summed E-state index contributed by atoms with van der Waals surface area (Å²) in [7, 11) is 0. The Labute approximate surface area is 123 Å². The van der Waals surface area contributed by atoms with E-state index >= 15 is 0 Å². The van der Waals surface area contributed by atoms with Crippen molar-refractivity contribution in [2.75, 3.05) is 44.7 Å². The summed E-state index contributed by atoms with van der Waals surface area (Å²) in [6.45, 7) is 10.1. The van der Waals surface area contributed by atoms with Crippen molar-refractivity contribution < 1.29 is 4.74 Å². The Hall–Kier alpha value is -1.17. The molecule has 4 nitrogen and oxygen atoms in total. The van der Waals surface area contributed by atoms with Crippen LogP contribution < -0.4 is 5.32 Å². The van der Waals surface area contributed by atoms with Gasteiger partial charge in [-0.2, -0.15) is 0 Å². The molecule has 3 rings (SSSR count). The summed E-state index contributed by atoms with van der Waals surface area (Å²) in [5.74, 6) is 0. The van der Waals surface area contributed by atoms with Gasteiger partial charge >= 0.3 is 0 Å². The molecular weight excluding hydrogens is 270 g/mol.